The molecule has 6 nitrogen and oxygen atoms in total. The quantitative estimate of drug-likeness (QED) is 0.549. The zero-order valence-corrected chi connectivity index (χ0v) is 17.2. The van der Waals surface area contributed by atoms with Crippen LogP contribution in [0.4, 0.5) is 5.82 Å². The van der Waals surface area contributed by atoms with E-state index in [0.717, 1.165) is 36.0 Å². The lowest BCUT2D eigenvalue weighted by Gasteiger charge is -2.32. The largest absolute Gasteiger partial charge is 0.356 e. The van der Waals surface area contributed by atoms with Crippen LogP contribution in [0, 0.1) is 18.3 Å². The van der Waals surface area contributed by atoms with E-state index in [1.54, 1.807) is 27.1 Å². The van der Waals surface area contributed by atoms with E-state index in [2.05, 4.69) is 4.90 Å². The highest BCUT2D eigenvalue weighted by molar-refractivity contribution is 8.26. The molecule has 0 aliphatic carbocycles. The molecule has 0 aromatic carbocycles. The van der Waals surface area contributed by atoms with Crippen molar-refractivity contribution in [3.8, 4) is 6.07 Å². The number of carbonyl (C=O) groups excluding carboxylic acids is 1. The van der Waals surface area contributed by atoms with Gasteiger partial charge < -0.3 is 4.90 Å². The fraction of sp³-hybridized carbons (Fsp3) is 0.412. The summed E-state index contributed by atoms with van der Waals surface area (Å²) in [5.74, 6) is 2.55. The number of nitriles is 1. The minimum absolute atomic E-state index is 0.112. The van der Waals surface area contributed by atoms with Gasteiger partial charge in [0.05, 0.1) is 4.91 Å². The molecule has 0 unspecified atom stereocenters. The summed E-state index contributed by atoms with van der Waals surface area (Å²) in [4.78, 5) is 29.2. The van der Waals surface area contributed by atoms with Gasteiger partial charge in [-0.1, -0.05) is 24.0 Å². The van der Waals surface area contributed by atoms with Crippen LogP contribution >= 0.6 is 35.7 Å². The number of thioether (sulfide) groups is 2. The van der Waals surface area contributed by atoms with Crippen LogP contribution in [-0.4, -0.2) is 51.3 Å². The second kappa shape index (κ2) is 7.47. The van der Waals surface area contributed by atoms with E-state index >= 15 is 0 Å². The zero-order valence-electron chi connectivity index (χ0n) is 14.7. The molecule has 1 amide bonds. The van der Waals surface area contributed by atoms with Crippen LogP contribution in [0.5, 0.6) is 0 Å². The topological polar surface area (TPSA) is 69.3 Å². The number of anilines is 1. The molecule has 2 fully saturated rings. The Kier molecular flexibility index (Phi) is 5.46. The number of thiocarbonyl (C=S) groups is 1. The van der Waals surface area contributed by atoms with E-state index in [9.17, 15) is 14.9 Å². The number of pyridine rings is 1. The number of hydrogen-bond acceptors (Lipinski definition) is 7. The summed E-state index contributed by atoms with van der Waals surface area (Å²) in [7, 11) is 3.33. The first kappa shape index (κ1) is 19.0. The van der Waals surface area contributed by atoms with Crippen molar-refractivity contribution in [1.82, 2.24) is 9.47 Å². The second-order valence-electron chi connectivity index (χ2n) is 6.05. The standard InChI is InChI=1S/C17H18N4O2S3/c1-10-11(8-13-16(23)20(3)17(24)26-13)14(21-4-6-25-7-5-21)19(2)15(22)12(10)9-18/h8H,4-7H2,1-3H3/b13-8+. The van der Waals surface area contributed by atoms with Gasteiger partial charge in [-0.3, -0.25) is 19.1 Å². The van der Waals surface area contributed by atoms with Crippen molar-refractivity contribution in [3.63, 3.8) is 0 Å². The second-order valence-corrected chi connectivity index (χ2v) is 8.95. The summed E-state index contributed by atoms with van der Waals surface area (Å²) in [5.41, 5.74) is 1.15. The fourth-order valence-electron chi connectivity index (χ4n) is 3.05. The van der Waals surface area contributed by atoms with E-state index in [0.29, 0.717) is 14.8 Å². The van der Waals surface area contributed by atoms with E-state index < -0.39 is 0 Å². The van der Waals surface area contributed by atoms with Gasteiger partial charge in [-0.25, -0.2) is 0 Å². The fourth-order valence-corrected chi connectivity index (χ4v) is 5.11. The number of likely N-dealkylation sites (N-methyl/N-ethyl adjacent to an activating group) is 1. The third-order valence-corrected chi connectivity index (χ3v) is 6.97. The van der Waals surface area contributed by atoms with Gasteiger partial charge in [0.2, 0.25) is 0 Å². The molecule has 2 aliphatic heterocycles. The molecule has 9 heteroatoms. The molecule has 0 spiro atoms. The lowest BCUT2D eigenvalue weighted by atomic mass is 10.0. The molecule has 1 aromatic rings. The molecule has 2 aliphatic rings. The number of amides is 1. The van der Waals surface area contributed by atoms with Gasteiger partial charge in [0.15, 0.2) is 0 Å². The maximum absolute atomic E-state index is 12.6. The van der Waals surface area contributed by atoms with E-state index in [1.165, 1.54) is 21.2 Å². The Morgan fingerprint density at radius 3 is 2.42 bits per heavy atom. The first-order valence-electron chi connectivity index (χ1n) is 8.04. The van der Waals surface area contributed by atoms with Gasteiger partial charge in [0.25, 0.3) is 11.5 Å². The first-order valence-corrected chi connectivity index (χ1v) is 10.4. The average Bonchev–Trinajstić information content (AvgIpc) is 2.88. The summed E-state index contributed by atoms with van der Waals surface area (Å²) in [6.07, 6.45) is 1.77. The zero-order chi connectivity index (χ0) is 19.0. The minimum atomic E-state index is -0.307. The maximum atomic E-state index is 12.6. The van der Waals surface area contributed by atoms with E-state index in [4.69, 9.17) is 12.2 Å². The van der Waals surface area contributed by atoms with Crippen LogP contribution in [0.15, 0.2) is 9.70 Å². The Bertz CT molecular complexity index is 923. The monoisotopic (exact) mass is 406 g/mol. The van der Waals surface area contributed by atoms with Crippen LogP contribution in [-0.2, 0) is 11.8 Å². The highest BCUT2D eigenvalue weighted by Gasteiger charge is 2.30. The van der Waals surface area contributed by atoms with Crippen molar-refractivity contribution in [1.29, 1.82) is 5.26 Å². The van der Waals surface area contributed by atoms with Crippen LogP contribution in [0.3, 0.4) is 0 Å². The van der Waals surface area contributed by atoms with Crippen LogP contribution in [0.25, 0.3) is 6.08 Å². The number of nitrogens with zero attached hydrogens (tertiary/aromatic N) is 4. The molecule has 0 bridgehead atoms. The molecular formula is C17H18N4O2S3. The lowest BCUT2D eigenvalue weighted by Crippen LogP contribution is -2.38. The smallest absolute Gasteiger partial charge is 0.270 e. The normalized spacial score (nSPS) is 19.4. The Hall–Kier alpha value is -1.76. The highest BCUT2D eigenvalue weighted by Crippen LogP contribution is 2.35. The predicted octanol–water partition coefficient (Wildman–Crippen LogP) is 1.95. The van der Waals surface area contributed by atoms with Crippen LogP contribution < -0.4 is 10.5 Å². The molecule has 3 heterocycles. The van der Waals surface area contributed by atoms with Crippen LogP contribution in [0.2, 0.25) is 0 Å². The summed E-state index contributed by atoms with van der Waals surface area (Å²) in [6.45, 7) is 3.40. The molecule has 2 saturated heterocycles. The van der Waals surface area contributed by atoms with E-state index in [-0.39, 0.29) is 17.0 Å². The third-order valence-electron chi connectivity index (χ3n) is 4.54. The first-order chi connectivity index (χ1) is 12.4. The van der Waals surface area contributed by atoms with Crippen molar-refractivity contribution < 1.29 is 4.79 Å². The Morgan fingerprint density at radius 2 is 1.88 bits per heavy atom. The molecular weight excluding hydrogens is 388 g/mol. The Labute approximate surface area is 165 Å². The van der Waals surface area contributed by atoms with Crippen molar-refractivity contribution in [2.75, 3.05) is 36.5 Å². The highest BCUT2D eigenvalue weighted by atomic mass is 32.2. The minimum Gasteiger partial charge on any atom is -0.356 e. The predicted molar refractivity (Wildman–Crippen MR) is 112 cm³/mol. The third kappa shape index (κ3) is 3.17. The number of aromatic nitrogens is 1. The van der Waals surface area contributed by atoms with Crippen molar-refractivity contribution in [3.05, 3.63) is 31.9 Å². The van der Waals surface area contributed by atoms with Crippen molar-refractivity contribution in [2.24, 2.45) is 7.05 Å². The Balaban J connectivity index is 2.24. The van der Waals surface area contributed by atoms with Gasteiger partial charge in [0.1, 0.15) is 21.8 Å². The number of hydrogen-bond donors (Lipinski definition) is 0. The van der Waals surface area contributed by atoms with Crippen molar-refractivity contribution >= 4 is 57.9 Å². The van der Waals surface area contributed by atoms with Gasteiger partial charge >= 0.3 is 0 Å². The SMILES string of the molecule is Cc1c(/C=C2/SC(=S)N(C)C2=O)c(N2CCSCC2)n(C)c(=O)c1C#N. The molecule has 26 heavy (non-hydrogen) atoms. The molecule has 136 valence electrons. The number of rotatable bonds is 2. The molecule has 1 aromatic heterocycles. The Morgan fingerprint density at radius 1 is 1.23 bits per heavy atom. The van der Waals surface area contributed by atoms with Crippen molar-refractivity contribution in [2.45, 2.75) is 6.92 Å². The molecule has 0 N–H and O–H groups in total. The summed E-state index contributed by atoms with van der Waals surface area (Å²) in [5, 5.41) is 9.44. The van der Waals surface area contributed by atoms with Gasteiger partial charge in [-0.2, -0.15) is 17.0 Å². The van der Waals surface area contributed by atoms with Gasteiger partial charge in [0, 0.05) is 44.3 Å². The van der Waals surface area contributed by atoms with Gasteiger partial charge in [-0.15, -0.1) is 0 Å². The molecule has 0 atom stereocenters. The average molecular weight is 407 g/mol. The number of carbonyl (C=O) groups is 1. The maximum Gasteiger partial charge on any atom is 0.270 e. The summed E-state index contributed by atoms with van der Waals surface area (Å²) >= 11 is 8.32. The lowest BCUT2D eigenvalue weighted by molar-refractivity contribution is -0.121. The molecule has 0 saturated carbocycles. The van der Waals surface area contributed by atoms with Gasteiger partial charge in [-0.05, 0) is 18.6 Å². The summed E-state index contributed by atoms with van der Waals surface area (Å²) < 4.78 is 2.03. The molecule has 3 rings (SSSR count). The van der Waals surface area contributed by atoms with E-state index in [1.807, 2.05) is 17.8 Å². The summed E-state index contributed by atoms with van der Waals surface area (Å²) in [6, 6.07) is 2.02. The van der Waals surface area contributed by atoms with Crippen LogP contribution in [0.1, 0.15) is 16.7 Å². The molecule has 0 radical (unpaired) electrons.